The fourth-order valence-corrected chi connectivity index (χ4v) is 2.29. The molecule has 0 bridgehead atoms. The summed E-state index contributed by atoms with van der Waals surface area (Å²) in [5.41, 5.74) is 1.71. The molecule has 1 N–H and O–H groups in total. The van der Waals surface area contributed by atoms with E-state index in [4.69, 9.17) is 4.74 Å². The SMILES string of the molecule is CN(C)c1ccc(C(CCOc2ccccc2F)C(=O)O)cc1. The first-order chi connectivity index (χ1) is 11.0. The molecule has 2 aromatic carbocycles. The molecule has 2 rings (SSSR count). The highest BCUT2D eigenvalue weighted by atomic mass is 19.1. The third-order valence-corrected chi connectivity index (χ3v) is 3.61. The van der Waals surface area contributed by atoms with Gasteiger partial charge in [0, 0.05) is 19.8 Å². The lowest BCUT2D eigenvalue weighted by molar-refractivity contribution is -0.139. The van der Waals surface area contributed by atoms with E-state index in [0.717, 1.165) is 5.69 Å². The second kappa shape index (κ2) is 7.63. The topological polar surface area (TPSA) is 49.8 Å². The molecule has 1 atom stereocenters. The van der Waals surface area contributed by atoms with Gasteiger partial charge in [0.25, 0.3) is 0 Å². The van der Waals surface area contributed by atoms with Gasteiger partial charge in [0.2, 0.25) is 0 Å². The van der Waals surface area contributed by atoms with Crippen molar-refractivity contribution < 1.29 is 19.0 Å². The van der Waals surface area contributed by atoms with Crippen LogP contribution in [0.15, 0.2) is 48.5 Å². The lowest BCUT2D eigenvalue weighted by Crippen LogP contribution is -2.16. The lowest BCUT2D eigenvalue weighted by Gasteiger charge is -2.16. The number of nitrogens with zero attached hydrogens (tertiary/aromatic N) is 1. The summed E-state index contributed by atoms with van der Waals surface area (Å²) in [4.78, 5) is 13.4. The van der Waals surface area contributed by atoms with Crippen molar-refractivity contribution in [3.63, 3.8) is 0 Å². The number of ether oxygens (including phenoxy) is 1. The molecule has 0 saturated carbocycles. The number of hydrogen-bond acceptors (Lipinski definition) is 3. The average molecular weight is 317 g/mol. The summed E-state index contributed by atoms with van der Waals surface area (Å²) in [6.45, 7) is 0.132. The predicted molar refractivity (Wildman–Crippen MR) is 87.7 cm³/mol. The number of carbonyl (C=O) groups is 1. The van der Waals surface area contributed by atoms with Gasteiger partial charge in [-0.15, -0.1) is 0 Å². The van der Waals surface area contributed by atoms with Crippen LogP contribution in [0.3, 0.4) is 0 Å². The molecule has 0 aliphatic heterocycles. The first-order valence-corrected chi connectivity index (χ1v) is 7.36. The van der Waals surface area contributed by atoms with Crippen molar-refractivity contribution in [2.75, 3.05) is 25.6 Å². The summed E-state index contributed by atoms with van der Waals surface area (Å²) in [7, 11) is 3.85. The van der Waals surface area contributed by atoms with Gasteiger partial charge in [-0.05, 0) is 36.2 Å². The van der Waals surface area contributed by atoms with Gasteiger partial charge in [0.15, 0.2) is 11.6 Å². The molecule has 0 amide bonds. The number of carboxylic acids is 1. The zero-order chi connectivity index (χ0) is 16.8. The normalized spacial score (nSPS) is 11.8. The number of halogens is 1. The Morgan fingerprint density at radius 1 is 1.17 bits per heavy atom. The highest BCUT2D eigenvalue weighted by Gasteiger charge is 2.20. The van der Waals surface area contributed by atoms with Crippen molar-refractivity contribution in [2.24, 2.45) is 0 Å². The molecule has 0 heterocycles. The summed E-state index contributed by atoms with van der Waals surface area (Å²) >= 11 is 0. The smallest absolute Gasteiger partial charge is 0.311 e. The first-order valence-electron chi connectivity index (χ1n) is 7.36. The van der Waals surface area contributed by atoms with Gasteiger partial charge >= 0.3 is 5.97 Å². The largest absolute Gasteiger partial charge is 0.490 e. The minimum absolute atomic E-state index is 0.132. The standard InChI is InChI=1S/C18H20FNO3/c1-20(2)14-9-7-13(8-10-14)15(18(21)22)11-12-23-17-6-4-3-5-16(17)19/h3-10,15H,11-12H2,1-2H3,(H,21,22). The second-order valence-corrected chi connectivity index (χ2v) is 5.44. The molecule has 0 aliphatic carbocycles. The third-order valence-electron chi connectivity index (χ3n) is 3.61. The Bertz CT molecular complexity index is 656. The lowest BCUT2D eigenvalue weighted by atomic mass is 9.96. The fourth-order valence-electron chi connectivity index (χ4n) is 2.29. The van der Waals surface area contributed by atoms with Gasteiger partial charge < -0.3 is 14.7 Å². The van der Waals surface area contributed by atoms with Crippen molar-refractivity contribution >= 4 is 11.7 Å². The Kier molecular flexibility index (Phi) is 5.57. The number of hydrogen-bond donors (Lipinski definition) is 1. The minimum atomic E-state index is -0.917. The van der Waals surface area contributed by atoms with E-state index >= 15 is 0 Å². The highest BCUT2D eigenvalue weighted by molar-refractivity contribution is 5.76. The fraction of sp³-hybridized carbons (Fsp3) is 0.278. The summed E-state index contributed by atoms with van der Waals surface area (Å²) in [5, 5.41) is 9.42. The maximum Gasteiger partial charge on any atom is 0.311 e. The Labute approximate surface area is 135 Å². The first kappa shape index (κ1) is 16.8. The number of carboxylic acid groups (broad SMARTS) is 1. The molecule has 0 fully saturated rings. The Hall–Kier alpha value is -2.56. The second-order valence-electron chi connectivity index (χ2n) is 5.44. The molecule has 5 heteroatoms. The number of anilines is 1. The van der Waals surface area contributed by atoms with E-state index in [1.807, 2.05) is 31.1 Å². The van der Waals surface area contributed by atoms with Crippen LogP contribution in [0.1, 0.15) is 17.9 Å². The molecule has 0 saturated heterocycles. The third kappa shape index (κ3) is 4.45. The summed E-state index contributed by atoms with van der Waals surface area (Å²) < 4.78 is 18.8. The van der Waals surface area contributed by atoms with Crippen molar-refractivity contribution in [2.45, 2.75) is 12.3 Å². The Morgan fingerprint density at radius 2 is 1.83 bits per heavy atom. The Balaban J connectivity index is 2.01. The molecule has 1 unspecified atom stereocenters. The maximum absolute atomic E-state index is 13.5. The molecule has 0 aromatic heterocycles. The molecule has 23 heavy (non-hydrogen) atoms. The maximum atomic E-state index is 13.5. The van der Waals surface area contributed by atoms with E-state index in [2.05, 4.69) is 0 Å². The number of benzene rings is 2. The van der Waals surface area contributed by atoms with Crippen LogP contribution in [0.4, 0.5) is 10.1 Å². The van der Waals surface area contributed by atoms with Gasteiger partial charge in [-0.3, -0.25) is 4.79 Å². The number of para-hydroxylation sites is 1. The molecule has 2 aromatic rings. The van der Waals surface area contributed by atoms with Crippen LogP contribution in [0.2, 0.25) is 0 Å². The van der Waals surface area contributed by atoms with E-state index in [1.54, 1.807) is 24.3 Å². The predicted octanol–water partition coefficient (Wildman–Crippen LogP) is 3.53. The van der Waals surface area contributed by atoms with Crippen LogP contribution in [0, 0.1) is 5.82 Å². The molecule has 122 valence electrons. The molecule has 4 nitrogen and oxygen atoms in total. The average Bonchev–Trinajstić information content (AvgIpc) is 2.53. The van der Waals surface area contributed by atoms with E-state index < -0.39 is 17.7 Å². The van der Waals surface area contributed by atoms with Gasteiger partial charge in [-0.2, -0.15) is 0 Å². The molecule has 0 aliphatic rings. The van der Waals surface area contributed by atoms with E-state index in [-0.39, 0.29) is 18.8 Å². The molecular formula is C18H20FNO3. The quantitative estimate of drug-likeness (QED) is 0.849. The van der Waals surface area contributed by atoms with E-state index in [0.29, 0.717) is 5.56 Å². The monoisotopic (exact) mass is 317 g/mol. The van der Waals surface area contributed by atoms with Crippen LogP contribution >= 0.6 is 0 Å². The van der Waals surface area contributed by atoms with Crippen molar-refractivity contribution in [1.82, 2.24) is 0 Å². The van der Waals surface area contributed by atoms with Crippen LogP contribution in [-0.2, 0) is 4.79 Å². The van der Waals surface area contributed by atoms with Crippen molar-refractivity contribution in [3.8, 4) is 5.75 Å². The van der Waals surface area contributed by atoms with Crippen LogP contribution in [0.25, 0.3) is 0 Å². The molecule has 0 radical (unpaired) electrons. The van der Waals surface area contributed by atoms with Crippen molar-refractivity contribution in [1.29, 1.82) is 0 Å². The molecular weight excluding hydrogens is 297 g/mol. The summed E-state index contributed by atoms with van der Waals surface area (Å²) in [6.07, 6.45) is 0.269. The van der Waals surface area contributed by atoms with E-state index in [1.165, 1.54) is 12.1 Å². The van der Waals surface area contributed by atoms with Gasteiger partial charge in [0.1, 0.15) is 0 Å². The van der Waals surface area contributed by atoms with Gasteiger partial charge in [-0.1, -0.05) is 24.3 Å². The zero-order valence-corrected chi connectivity index (χ0v) is 13.2. The number of rotatable bonds is 7. The molecule has 0 spiro atoms. The number of aliphatic carboxylic acids is 1. The minimum Gasteiger partial charge on any atom is -0.490 e. The zero-order valence-electron chi connectivity index (χ0n) is 13.2. The van der Waals surface area contributed by atoms with Crippen LogP contribution < -0.4 is 9.64 Å². The van der Waals surface area contributed by atoms with Crippen LogP contribution in [-0.4, -0.2) is 31.8 Å². The van der Waals surface area contributed by atoms with Crippen LogP contribution in [0.5, 0.6) is 5.75 Å². The summed E-state index contributed by atoms with van der Waals surface area (Å²) in [5.74, 6) is -1.91. The van der Waals surface area contributed by atoms with Gasteiger partial charge in [0.05, 0.1) is 12.5 Å². The van der Waals surface area contributed by atoms with E-state index in [9.17, 15) is 14.3 Å². The highest BCUT2D eigenvalue weighted by Crippen LogP contribution is 2.24. The summed E-state index contributed by atoms with van der Waals surface area (Å²) in [6, 6.07) is 13.4. The Morgan fingerprint density at radius 3 is 2.39 bits per heavy atom. The van der Waals surface area contributed by atoms with Gasteiger partial charge in [-0.25, -0.2) is 4.39 Å². The van der Waals surface area contributed by atoms with Crippen molar-refractivity contribution in [3.05, 3.63) is 59.9 Å².